The molecule has 90 valence electrons. The molecule has 0 spiro atoms. The molecule has 0 nitrogen and oxygen atoms in total. The van der Waals surface area contributed by atoms with E-state index in [1.807, 2.05) is 13.8 Å². The van der Waals surface area contributed by atoms with E-state index in [0.717, 1.165) is 11.8 Å². The van der Waals surface area contributed by atoms with E-state index in [4.69, 9.17) is 0 Å². The number of allylic oxidation sites excluding steroid dienone is 2. The van der Waals surface area contributed by atoms with Crippen molar-refractivity contribution in [2.75, 3.05) is 0 Å². The van der Waals surface area contributed by atoms with Crippen LogP contribution in [0.3, 0.4) is 0 Å². The second kappa shape index (κ2) is 7.96. The lowest BCUT2D eigenvalue weighted by Gasteiger charge is -2.19. The Kier molecular flexibility index (Phi) is 7.82. The summed E-state index contributed by atoms with van der Waals surface area (Å²) < 4.78 is 0. The van der Waals surface area contributed by atoms with Crippen LogP contribution >= 0.6 is 0 Å². The third-order valence-corrected chi connectivity index (χ3v) is 3.20. The van der Waals surface area contributed by atoms with Gasteiger partial charge in [-0.3, -0.25) is 0 Å². The third-order valence-electron chi connectivity index (χ3n) is 3.20. The van der Waals surface area contributed by atoms with Crippen LogP contribution in [0.1, 0.15) is 73.6 Å². The summed E-state index contributed by atoms with van der Waals surface area (Å²) >= 11 is 0. The van der Waals surface area contributed by atoms with Crippen molar-refractivity contribution >= 4 is 0 Å². The monoisotopic (exact) mass is 210 g/mol. The van der Waals surface area contributed by atoms with Gasteiger partial charge in [-0.25, -0.2) is 0 Å². The Morgan fingerprint density at radius 1 is 0.667 bits per heavy atom. The standard InChI is InChI=1S/C13H24.C2H6/c1-10(2)12-8-6-5-7-9-13(12)11(3)4;1-2/h10-11H,5-9H2,1-4H3;1-2H3. The fraction of sp³-hybridized carbons (Fsp3) is 0.867. The normalized spacial score (nSPS) is 17.6. The highest BCUT2D eigenvalue weighted by atomic mass is 14.2. The first-order chi connectivity index (χ1) is 7.13. The Morgan fingerprint density at radius 2 is 1.00 bits per heavy atom. The maximum absolute atomic E-state index is 2.35. The first-order valence-electron chi connectivity index (χ1n) is 6.84. The van der Waals surface area contributed by atoms with Crippen molar-refractivity contribution in [1.29, 1.82) is 0 Å². The molecule has 0 aromatic carbocycles. The van der Waals surface area contributed by atoms with Gasteiger partial charge in [-0.15, -0.1) is 0 Å². The SMILES string of the molecule is CC.CC(C)C1=C(C(C)C)CCCCC1. The predicted octanol–water partition coefficient (Wildman–Crippen LogP) is 5.59. The van der Waals surface area contributed by atoms with E-state index in [0.29, 0.717) is 0 Å². The van der Waals surface area contributed by atoms with Gasteiger partial charge >= 0.3 is 0 Å². The highest BCUT2D eigenvalue weighted by Crippen LogP contribution is 2.32. The molecule has 0 aromatic heterocycles. The van der Waals surface area contributed by atoms with Gasteiger partial charge in [-0.1, -0.05) is 59.1 Å². The lowest BCUT2D eigenvalue weighted by molar-refractivity contribution is 0.646. The summed E-state index contributed by atoms with van der Waals surface area (Å²) in [5.41, 5.74) is 3.54. The molecule has 0 N–H and O–H groups in total. The van der Waals surface area contributed by atoms with E-state index in [-0.39, 0.29) is 0 Å². The Morgan fingerprint density at radius 3 is 1.27 bits per heavy atom. The molecule has 0 saturated carbocycles. The summed E-state index contributed by atoms with van der Waals surface area (Å²) in [6.45, 7) is 13.4. The molecule has 0 radical (unpaired) electrons. The summed E-state index contributed by atoms with van der Waals surface area (Å²) in [4.78, 5) is 0. The van der Waals surface area contributed by atoms with E-state index in [2.05, 4.69) is 27.7 Å². The van der Waals surface area contributed by atoms with Crippen LogP contribution in [0.4, 0.5) is 0 Å². The molecule has 15 heavy (non-hydrogen) atoms. The zero-order valence-corrected chi connectivity index (χ0v) is 11.7. The van der Waals surface area contributed by atoms with Gasteiger partial charge in [-0.05, 0) is 37.5 Å². The Bertz CT molecular complexity index is 164. The Balaban J connectivity index is 0.000000921. The second-order valence-corrected chi connectivity index (χ2v) is 4.92. The minimum atomic E-state index is 0.774. The second-order valence-electron chi connectivity index (χ2n) is 4.92. The van der Waals surface area contributed by atoms with Crippen molar-refractivity contribution in [2.24, 2.45) is 11.8 Å². The minimum Gasteiger partial charge on any atom is -0.0683 e. The predicted molar refractivity (Wildman–Crippen MR) is 71.1 cm³/mol. The van der Waals surface area contributed by atoms with Gasteiger partial charge in [0.1, 0.15) is 0 Å². The molecule has 0 atom stereocenters. The zero-order chi connectivity index (χ0) is 11.8. The molecule has 0 heteroatoms. The molecule has 1 rings (SSSR count). The minimum absolute atomic E-state index is 0.774. The largest absolute Gasteiger partial charge is 0.0683 e. The van der Waals surface area contributed by atoms with Crippen LogP contribution < -0.4 is 0 Å². The average molecular weight is 210 g/mol. The van der Waals surface area contributed by atoms with E-state index in [9.17, 15) is 0 Å². The smallest absolute Gasteiger partial charge is 0.0257 e. The highest BCUT2D eigenvalue weighted by molar-refractivity contribution is 5.19. The van der Waals surface area contributed by atoms with Gasteiger partial charge in [0.15, 0.2) is 0 Å². The zero-order valence-electron chi connectivity index (χ0n) is 11.7. The number of hydrogen-bond acceptors (Lipinski definition) is 0. The van der Waals surface area contributed by atoms with Crippen molar-refractivity contribution in [3.8, 4) is 0 Å². The molecule has 0 aliphatic heterocycles. The number of hydrogen-bond donors (Lipinski definition) is 0. The summed E-state index contributed by atoms with van der Waals surface area (Å²) in [7, 11) is 0. The Labute approximate surface area is 97.2 Å². The fourth-order valence-electron chi connectivity index (χ4n) is 2.45. The average Bonchev–Trinajstić information content (AvgIpc) is 2.45. The van der Waals surface area contributed by atoms with Gasteiger partial charge in [0.05, 0.1) is 0 Å². The number of rotatable bonds is 2. The van der Waals surface area contributed by atoms with Crippen LogP contribution in [0.2, 0.25) is 0 Å². The summed E-state index contributed by atoms with van der Waals surface area (Å²) in [6.07, 6.45) is 7.01. The van der Waals surface area contributed by atoms with Gasteiger partial charge < -0.3 is 0 Å². The summed E-state index contributed by atoms with van der Waals surface area (Å²) in [6, 6.07) is 0. The molecule has 1 aliphatic rings. The molecular formula is C15H30. The molecule has 0 bridgehead atoms. The summed E-state index contributed by atoms with van der Waals surface area (Å²) in [5.74, 6) is 1.55. The van der Waals surface area contributed by atoms with Crippen LogP contribution in [0, 0.1) is 11.8 Å². The van der Waals surface area contributed by atoms with Crippen LogP contribution in [0.15, 0.2) is 11.1 Å². The van der Waals surface area contributed by atoms with Crippen molar-refractivity contribution in [3.63, 3.8) is 0 Å². The van der Waals surface area contributed by atoms with Crippen molar-refractivity contribution in [2.45, 2.75) is 73.6 Å². The van der Waals surface area contributed by atoms with Gasteiger partial charge in [-0.2, -0.15) is 0 Å². The summed E-state index contributed by atoms with van der Waals surface area (Å²) in [5, 5.41) is 0. The van der Waals surface area contributed by atoms with Crippen LogP contribution in [-0.4, -0.2) is 0 Å². The molecule has 1 aliphatic carbocycles. The molecular weight excluding hydrogens is 180 g/mol. The molecule has 0 aromatic rings. The van der Waals surface area contributed by atoms with Gasteiger partial charge in [0.2, 0.25) is 0 Å². The van der Waals surface area contributed by atoms with Crippen molar-refractivity contribution in [3.05, 3.63) is 11.1 Å². The molecule has 0 saturated heterocycles. The highest BCUT2D eigenvalue weighted by Gasteiger charge is 2.15. The lowest BCUT2D eigenvalue weighted by Crippen LogP contribution is -2.03. The van der Waals surface area contributed by atoms with Crippen molar-refractivity contribution in [1.82, 2.24) is 0 Å². The van der Waals surface area contributed by atoms with Crippen LogP contribution in [-0.2, 0) is 0 Å². The topological polar surface area (TPSA) is 0 Å². The van der Waals surface area contributed by atoms with E-state index >= 15 is 0 Å². The van der Waals surface area contributed by atoms with Gasteiger partial charge in [0, 0.05) is 0 Å². The molecule has 0 amide bonds. The van der Waals surface area contributed by atoms with Crippen LogP contribution in [0.25, 0.3) is 0 Å². The molecule has 0 fully saturated rings. The first-order valence-corrected chi connectivity index (χ1v) is 6.84. The molecule has 0 heterocycles. The van der Waals surface area contributed by atoms with E-state index in [1.54, 1.807) is 11.1 Å². The van der Waals surface area contributed by atoms with Gasteiger partial charge in [0.25, 0.3) is 0 Å². The Hall–Kier alpha value is -0.260. The van der Waals surface area contributed by atoms with E-state index < -0.39 is 0 Å². The first kappa shape index (κ1) is 14.7. The van der Waals surface area contributed by atoms with Crippen LogP contribution in [0.5, 0.6) is 0 Å². The van der Waals surface area contributed by atoms with Crippen molar-refractivity contribution < 1.29 is 0 Å². The lowest BCUT2D eigenvalue weighted by atomic mass is 9.87. The third kappa shape index (κ3) is 4.86. The quantitative estimate of drug-likeness (QED) is 0.521. The molecule has 0 unspecified atom stereocenters. The maximum Gasteiger partial charge on any atom is -0.0257 e. The fourth-order valence-corrected chi connectivity index (χ4v) is 2.45. The van der Waals surface area contributed by atoms with E-state index in [1.165, 1.54) is 32.1 Å². The maximum atomic E-state index is 2.35.